The molecule has 1 aliphatic rings. The van der Waals surface area contributed by atoms with E-state index in [2.05, 4.69) is 15.9 Å². The quantitative estimate of drug-likeness (QED) is 0.884. The summed E-state index contributed by atoms with van der Waals surface area (Å²) < 4.78 is 26.6. The van der Waals surface area contributed by atoms with Gasteiger partial charge in [0.15, 0.2) is 9.84 Å². The maximum atomic E-state index is 12.8. The first-order chi connectivity index (χ1) is 10.4. The Kier molecular flexibility index (Phi) is 4.14. The Morgan fingerprint density at radius 3 is 2.18 bits per heavy atom. The number of halogens is 1. The van der Waals surface area contributed by atoms with Gasteiger partial charge in [0.1, 0.15) is 0 Å². The van der Waals surface area contributed by atoms with E-state index in [-0.39, 0.29) is 18.4 Å². The van der Waals surface area contributed by atoms with E-state index < -0.39 is 15.1 Å². The van der Waals surface area contributed by atoms with E-state index in [0.29, 0.717) is 4.90 Å². The largest absolute Gasteiger partial charge is 0.396 e. The van der Waals surface area contributed by atoms with E-state index in [1.165, 1.54) is 0 Å². The number of aliphatic hydroxyl groups excluding tert-OH is 1. The molecule has 0 heterocycles. The standard InChI is InChI=1S/C17H17BrO3S/c1-11-2-8-14(9-3-11)22(20,21)17-15(10-19)16(17)12-4-6-13(18)7-5-12/h2-9,15-17,19H,10H2,1H3/t15-,16-,17+/m0/s1. The molecule has 5 heteroatoms. The molecule has 22 heavy (non-hydrogen) atoms. The molecule has 1 fully saturated rings. The highest BCUT2D eigenvalue weighted by molar-refractivity contribution is 9.10. The Hall–Kier alpha value is -1.17. The first-order valence-corrected chi connectivity index (χ1v) is 9.46. The van der Waals surface area contributed by atoms with Crippen molar-refractivity contribution in [3.8, 4) is 0 Å². The molecule has 0 aromatic heterocycles. The second kappa shape index (κ2) is 5.80. The molecule has 1 saturated carbocycles. The van der Waals surface area contributed by atoms with Crippen molar-refractivity contribution < 1.29 is 13.5 Å². The maximum Gasteiger partial charge on any atom is 0.182 e. The van der Waals surface area contributed by atoms with Crippen molar-refractivity contribution in [2.75, 3.05) is 6.61 Å². The minimum absolute atomic E-state index is 0.115. The van der Waals surface area contributed by atoms with E-state index in [4.69, 9.17) is 0 Å². The second-order valence-corrected chi connectivity index (χ2v) is 8.77. The zero-order valence-electron chi connectivity index (χ0n) is 12.1. The molecule has 1 N–H and O–H groups in total. The normalized spacial score (nSPS) is 24.2. The lowest BCUT2D eigenvalue weighted by atomic mass is 10.1. The molecule has 2 aromatic carbocycles. The van der Waals surface area contributed by atoms with E-state index in [1.807, 2.05) is 31.2 Å². The van der Waals surface area contributed by atoms with Crippen LogP contribution < -0.4 is 0 Å². The molecule has 1 aliphatic carbocycles. The minimum atomic E-state index is -3.42. The zero-order chi connectivity index (χ0) is 15.9. The average Bonchev–Trinajstić information content (AvgIpc) is 3.24. The molecular weight excluding hydrogens is 364 g/mol. The van der Waals surface area contributed by atoms with Crippen LogP contribution in [0.15, 0.2) is 57.9 Å². The first-order valence-electron chi connectivity index (χ1n) is 7.12. The molecule has 0 radical (unpaired) electrons. The number of benzene rings is 2. The van der Waals surface area contributed by atoms with Crippen LogP contribution in [-0.2, 0) is 9.84 Å². The second-order valence-electron chi connectivity index (χ2n) is 5.75. The van der Waals surface area contributed by atoms with Crippen LogP contribution in [-0.4, -0.2) is 25.4 Å². The van der Waals surface area contributed by atoms with Crippen LogP contribution in [0.25, 0.3) is 0 Å². The molecule has 116 valence electrons. The predicted octanol–water partition coefficient (Wildman–Crippen LogP) is 3.31. The lowest BCUT2D eigenvalue weighted by molar-refractivity contribution is 0.274. The molecular formula is C17H17BrO3S. The summed E-state index contributed by atoms with van der Waals surface area (Å²) in [5.74, 6) is -0.364. The molecule has 3 atom stereocenters. The Balaban J connectivity index is 1.93. The molecule has 2 aromatic rings. The third-order valence-corrected chi connectivity index (χ3v) is 7.09. The number of rotatable bonds is 4. The van der Waals surface area contributed by atoms with Gasteiger partial charge in [-0.05, 0) is 36.8 Å². The van der Waals surface area contributed by atoms with Gasteiger partial charge in [0, 0.05) is 22.9 Å². The van der Waals surface area contributed by atoms with Crippen LogP contribution in [0.2, 0.25) is 0 Å². The highest BCUT2D eigenvalue weighted by Crippen LogP contribution is 2.53. The van der Waals surface area contributed by atoms with Crippen molar-refractivity contribution in [3.05, 3.63) is 64.1 Å². The maximum absolute atomic E-state index is 12.8. The van der Waals surface area contributed by atoms with Gasteiger partial charge < -0.3 is 5.11 Å². The summed E-state index contributed by atoms with van der Waals surface area (Å²) in [4.78, 5) is 0.334. The van der Waals surface area contributed by atoms with E-state index in [1.54, 1.807) is 24.3 Å². The van der Waals surface area contributed by atoms with Gasteiger partial charge in [-0.2, -0.15) is 0 Å². The molecule has 0 aliphatic heterocycles. The highest BCUT2D eigenvalue weighted by atomic mass is 79.9. The number of aliphatic hydroxyl groups is 1. The molecule has 3 rings (SSSR count). The van der Waals surface area contributed by atoms with Gasteiger partial charge in [0.2, 0.25) is 0 Å². The summed E-state index contributed by atoms with van der Waals surface area (Å²) in [6.07, 6.45) is 0. The number of sulfone groups is 1. The fourth-order valence-corrected chi connectivity index (χ4v) is 5.45. The first kappa shape index (κ1) is 15.7. The Labute approximate surface area is 139 Å². The smallest absolute Gasteiger partial charge is 0.182 e. The van der Waals surface area contributed by atoms with Crippen LogP contribution in [0.3, 0.4) is 0 Å². The number of hydrogen-bond donors (Lipinski definition) is 1. The third-order valence-electron chi connectivity index (χ3n) is 4.27. The summed E-state index contributed by atoms with van der Waals surface area (Å²) in [6, 6.07) is 14.5. The molecule has 0 amide bonds. The van der Waals surface area contributed by atoms with Crippen LogP contribution >= 0.6 is 15.9 Å². The predicted molar refractivity (Wildman–Crippen MR) is 89.6 cm³/mol. The van der Waals surface area contributed by atoms with Crippen molar-refractivity contribution in [1.82, 2.24) is 0 Å². The van der Waals surface area contributed by atoms with E-state index in [0.717, 1.165) is 15.6 Å². The summed E-state index contributed by atoms with van der Waals surface area (Å²) in [7, 11) is -3.42. The fourth-order valence-electron chi connectivity index (χ4n) is 2.99. The summed E-state index contributed by atoms with van der Waals surface area (Å²) >= 11 is 3.38. The Bertz CT molecular complexity index is 767. The molecule has 0 saturated heterocycles. The summed E-state index contributed by atoms with van der Waals surface area (Å²) in [5, 5.41) is 9.00. The van der Waals surface area contributed by atoms with Gasteiger partial charge >= 0.3 is 0 Å². The van der Waals surface area contributed by atoms with Crippen molar-refractivity contribution in [2.24, 2.45) is 5.92 Å². The highest BCUT2D eigenvalue weighted by Gasteiger charge is 2.58. The average molecular weight is 381 g/mol. The Morgan fingerprint density at radius 2 is 1.64 bits per heavy atom. The molecule has 0 unspecified atom stereocenters. The van der Waals surface area contributed by atoms with Crippen LogP contribution in [0.1, 0.15) is 17.0 Å². The van der Waals surface area contributed by atoms with Crippen molar-refractivity contribution in [3.63, 3.8) is 0 Å². The van der Waals surface area contributed by atoms with Crippen LogP contribution in [0, 0.1) is 12.8 Å². The van der Waals surface area contributed by atoms with E-state index >= 15 is 0 Å². The van der Waals surface area contributed by atoms with Gasteiger partial charge in [-0.3, -0.25) is 0 Å². The zero-order valence-corrected chi connectivity index (χ0v) is 14.5. The van der Waals surface area contributed by atoms with Crippen LogP contribution in [0.4, 0.5) is 0 Å². The molecule has 0 spiro atoms. The lowest BCUT2D eigenvalue weighted by Gasteiger charge is -2.05. The molecule has 3 nitrogen and oxygen atoms in total. The van der Waals surface area contributed by atoms with Gasteiger partial charge in [-0.15, -0.1) is 0 Å². The van der Waals surface area contributed by atoms with Crippen LogP contribution in [0.5, 0.6) is 0 Å². The molecule has 0 bridgehead atoms. The summed E-state index contributed by atoms with van der Waals surface area (Å²) in [6.45, 7) is 1.81. The van der Waals surface area contributed by atoms with Gasteiger partial charge in [-0.1, -0.05) is 45.8 Å². The van der Waals surface area contributed by atoms with Crippen molar-refractivity contribution >= 4 is 25.8 Å². The summed E-state index contributed by atoms with van der Waals surface area (Å²) in [5.41, 5.74) is 1.99. The Morgan fingerprint density at radius 1 is 1.05 bits per heavy atom. The monoisotopic (exact) mass is 380 g/mol. The SMILES string of the molecule is Cc1ccc(S(=O)(=O)[C@@H]2[C@@H](CO)[C@@H]2c2ccc(Br)cc2)cc1. The minimum Gasteiger partial charge on any atom is -0.396 e. The van der Waals surface area contributed by atoms with E-state index in [9.17, 15) is 13.5 Å². The van der Waals surface area contributed by atoms with Gasteiger partial charge in [0.25, 0.3) is 0 Å². The lowest BCUT2D eigenvalue weighted by Crippen LogP contribution is -2.11. The van der Waals surface area contributed by atoms with Gasteiger partial charge in [-0.25, -0.2) is 8.42 Å². The number of hydrogen-bond acceptors (Lipinski definition) is 3. The number of aryl methyl sites for hydroxylation is 1. The van der Waals surface area contributed by atoms with Crippen molar-refractivity contribution in [1.29, 1.82) is 0 Å². The topological polar surface area (TPSA) is 54.4 Å². The third kappa shape index (κ3) is 2.73. The van der Waals surface area contributed by atoms with Crippen molar-refractivity contribution in [2.45, 2.75) is 23.0 Å². The fraction of sp³-hybridized carbons (Fsp3) is 0.294. The van der Waals surface area contributed by atoms with Gasteiger partial charge in [0.05, 0.1) is 10.1 Å².